The number of benzene rings is 2. The SMILES string of the molecule is Cc1ccccc1NC(=O)C1Cc2cc(C(C)C)ccc2C(=O)O1. The molecule has 1 atom stereocenters. The van der Waals surface area contributed by atoms with Crippen LogP contribution in [0.15, 0.2) is 42.5 Å². The van der Waals surface area contributed by atoms with Crippen molar-refractivity contribution in [1.82, 2.24) is 0 Å². The topological polar surface area (TPSA) is 55.4 Å². The number of ether oxygens (including phenoxy) is 1. The Kier molecular flexibility index (Phi) is 4.38. The Labute approximate surface area is 141 Å². The number of hydrogen-bond acceptors (Lipinski definition) is 3. The molecule has 0 saturated heterocycles. The van der Waals surface area contributed by atoms with Crippen LogP contribution in [-0.4, -0.2) is 18.0 Å². The van der Waals surface area contributed by atoms with Crippen molar-refractivity contribution < 1.29 is 14.3 Å². The average molecular weight is 323 g/mol. The molecular formula is C20H21NO3. The molecule has 1 N–H and O–H groups in total. The number of cyclic esters (lactones) is 1. The van der Waals surface area contributed by atoms with Gasteiger partial charge in [-0.1, -0.05) is 44.2 Å². The van der Waals surface area contributed by atoms with Crippen molar-refractivity contribution in [2.24, 2.45) is 0 Å². The zero-order chi connectivity index (χ0) is 17.3. The number of esters is 1. The van der Waals surface area contributed by atoms with E-state index in [0.717, 1.165) is 22.4 Å². The minimum Gasteiger partial charge on any atom is -0.448 e. The molecule has 1 amide bonds. The van der Waals surface area contributed by atoms with Crippen LogP contribution in [0.1, 0.15) is 46.8 Å². The van der Waals surface area contributed by atoms with E-state index in [4.69, 9.17) is 4.74 Å². The maximum atomic E-state index is 12.5. The predicted octanol–water partition coefficient (Wildman–Crippen LogP) is 3.84. The third-order valence-corrected chi connectivity index (χ3v) is 4.37. The number of rotatable bonds is 3. The molecule has 0 aromatic heterocycles. The Balaban J connectivity index is 1.81. The first-order valence-corrected chi connectivity index (χ1v) is 8.16. The highest BCUT2D eigenvalue weighted by Crippen LogP contribution is 2.26. The molecule has 0 radical (unpaired) electrons. The highest BCUT2D eigenvalue weighted by molar-refractivity contribution is 6.00. The molecule has 1 aliphatic rings. The summed E-state index contributed by atoms with van der Waals surface area (Å²) in [6.07, 6.45) is -0.397. The summed E-state index contributed by atoms with van der Waals surface area (Å²) in [6.45, 7) is 6.13. The van der Waals surface area contributed by atoms with Crippen molar-refractivity contribution in [2.75, 3.05) is 5.32 Å². The van der Waals surface area contributed by atoms with Crippen LogP contribution in [0.25, 0.3) is 0 Å². The maximum Gasteiger partial charge on any atom is 0.339 e. The van der Waals surface area contributed by atoms with Gasteiger partial charge in [-0.25, -0.2) is 4.79 Å². The molecule has 0 saturated carbocycles. The van der Waals surface area contributed by atoms with Gasteiger partial charge in [-0.15, -0.1) is 0 Å². The lowest BCUT2D eigenvalue weighted by molar-refractivity contribution is -0.125. The fourth-order valence-electron chi connectivity index (χ4n) is 2.85. The van der Waals surface area contributed by atoms with Gasteiger partial charge in [-0.05, 0) is 41.7 Å². The normalized spacial score (nSPS) is 16.5. The van der Waals surface area contributed by atoms with Crippen LogP contribution in [0.4, 0.5) is 5.69 Å². The van der Waals surface area contributed by atoms with E-state index in [1.165, 1.54) is 0 Å². The molecule has 0 fully saturated rings. The summed E-state index contributed by atoms with van der Waals surface area (Å²) in [5.41, 5.74) is 4.29. The van der Waals surface area contributed by atoms with Gasteiger partial charge in [0.15, 0.2) is 6.10 Å². The smallest absolute Gasteiger partial charge is 0.339 e. The van der Waals surface area contributed by atoms with Crippen LogP contribution in [0.5, 0.6) is 0 Å². The summed E-state index contributed by atoms with van der Waals surface area (Å²) in [7, 11) is 0. The Morgan fingerprint density at radius 3 is 2.67 bits per heavy atom. The first kappa shape index (κ1) is 16.2. The number of nitrogens with one attached hydrogen (secondary N) is 1. The lowest BCUT2D eigenvalue weighted by Crippen LogP contribution is -2.38. The van der Waals surface area contributed by atoms with E-state index >= 15 is 0 Å². The highest BCUT2D eigenvalue weighted by atomic mass is 16.5. The van der Waals surface area contributed by atoms with Crippen molar-refractivity contribution in [3.63, 3.8) is 0 Å². The zero-order valence-corrected chi connectivity index (χ0v) is 14.1. The van der Waals surface area contributed by atoms with Gasteiger partial charge in [0.05, 0.1) is 5.56 Å². The molecule has 2 aromatic carbocycles. The molecule has 124 valence electrons. The standard InChI is InChI=1S/C20H21NO3/c1-12(2)14-8-9-16-15(10-14)11-18(24-20(16)23)19(22)21-17-7-5-4-6-13(17)3/h4-10,12,18H,11H2,1-3H3,(H,21,22). The molecular weight excluding hydrogens is 302 g/mol. The predicted molar refractivity (Wildman–Crippen MR) is 93.2 cm³/mol. The van der Waals surface area contributed by atoms with Gasteiger partial charge in [0, 0.05) is 12.1 Å². The van der Waals surface area contributed by atoms with E-state index in [0.29, 0.717) is 17.9 Å². The van der Waals surface area contributed by atoms with Crippen LogP contribution in [0.2, 0.25) is 0 Å². The van der Waals surface area contributed by atoms with Gasteiger partial charge >= 0.3 is 5.97 Å². The van der Waals surface area contributed by atoms with E-state index < -0.39 is 12.1 Å². The van der Waals surface area contributed by atoms with Gasteiger partial charge in [0.1, 0.15) is 0 Å². The number of amides is 1. The molecule has 1 unspecified atom stereocenters. The van der Waals surface area contributed by atoms with Crippen LogP contribution < -0.4 is 5.32 Å². The third kappa shape index (κ3) is 3.18. The number of para-hydroxylation sites is 1. The summed E-state index contributed by atoms with van der Waals surface area (Å²) < 4.78 is 5.34. The van der Waals surface area contributed by atoms with Crippen LogP contribution in [-0.2, 0) is 16.0 Å². The molecule has 3 rings (SSSR count). The van der Waals surface area contributed by atoms with Gasteiger partial charge in [-0.3, -0.25) is 4.79 Å². The van der Waals surface area contributed by atoms with Gasteiger partial charge in [-0.2, -0.15) is 0 Å². The summed E-state index contributed by atoms with van der Waals surface area (Å²) in [5.74, 6) is -0.359. The summed E-state index contributed by atoms with van der Waals surface area (Å²) in [5, 5.41) is 2.85. The quantitative estimate of drug-likeness (QED) is 0.873. The lowest BCUT2D eigenvalue weighted by Gasteiger charge is -2.25. The van der Waals surface area contributed by atoms with Gasteiger partial charge in [0.2, 0.25) is 0 Å². The molecule has 1 heterocycles. The van der Waals surface area contributed by atoms with E-state index in [1.807, 2.05) is 43.3 Å². The number of carbonyl (C=O) groups is 2. The first-order valence-electron chi connectivity index (χ1n) is 8.16. The fourth-order valence-corrected chi connectivity index (χ4v) is 2.85. The monoisotopic (exact) mass is 323 g/mol. The second kappa shape index (κ2) is 6.48. The number of hydrogen-bond donors (Lipinski definition) is 1. The zero-order valence-electron chi connectivity index (χ0n) is 14.1. The second-order valence-electron chi connectivity index (χ2n) is 6.47. The maximum absolute atomic E-state index is 12.5. The lowest BCUT2D eigenvalue weighted by atomic mass is 9.92. The fraction of sp³-hybridized carbons (Fsp3) is 0.300. The van der Waals surface area contributed by atoms with Crippen LogP contribution in [0.3, 0.4) is 0 Å². The van der Waals surface area contributed by atoms with E-state index in [1.54, 1.807) is 6.07 Å². The Morgan fingerprint density at radius 2 is 1.96 bits per heavy atom. The van der Waals surface area contributed by atoms with Crippen molar-refractivity contribution in [2.45, 2.75) is 39.2 Å². The molecule has 4 nitrogen and oxygen atoms in total. The van der Waals surface area contributed by atoms with Crippen molar-refractivity contribution in [1.29, 1.82) is 0 Å². The highest BCUT2D eigenvalue weighted by Gasteiger charge is 2.31. The summed E-state index contributed by atoms with van der Waals surface area (Å²) >= 11 is 0. The largest absolute Gasteiger partial charge is 0.448 e. The Hall–Kier alpha value is -2.62. The third-order valence-electron chi connectivity index (χ3n) is 4.37. The molecule has 0 spiro atoms. The van der Waals surface area contributed by atoms with Crippen molar-refractivity contribution >= 4 is 17.6 Å². The van der Waals surface area contributed by atoms with E-state index in [9.17, 15) is 9.59 Å². The summed E-state index contributed by atoms with van der Waals surface area (Å²) in [4.78, 5) is 24.7. The van der Waals surface area contributed by atoms with Crippen molar-refractivity contribution in [3.05, 3.63) is 64.7 Å². The number of fused-ring (bicyclic) bond motifs is 1. The second-order valence-corrected chi connectivity index (χ2v) is 6.47. The molecule has 0 aliphatic carbocycles. The molecule has 1 aliphatic heterocycles. The average Bonchev–Trinajstić information content (AvgIpc) is 2.56. The minimum atomic E-state index is -0.799. The Morgan fingerprint density at radius 1 is 1.21 bits per heavy atom. The van der Waals surface area contributed by atoms with Crippen LogP contribution >= 0.6 is 0 Å². The molecule has 0 bridgehead atoms. The molecule has 2 aromatic rings. The van der Waals surface area contributed by atoms with Crippen molar-refractivity contribution in [3.8, 4) is 0 Å². The molecule has 24 heavy (non-hydrogen) atoms. The Bertz CT molecular complexity index is 795. The van der Waals surface area contributed by atoms with Gasteiger partial charge < -0.3 is 10.1 Å². The number of anilines is 1. The first-order chi connectivity index (χ1) is 11.5. The summed E-state index contributed by atoms with van der Waals surface area (Å²) in [6, 6.07) is 13.3. The van der Waals surface area contributed by atoms with E-state index in [2.05, 4.69) is 19.2 Å². The number of aryl methyl sites for hydroxylation is 1. The van der Waals surface area contributed by atoms with Crippen LogP contribution in [0, 0.1) is 6.92 Å². The molecule has 4 heteroatoms. The van der Waals surface area contributed by atoms with E-state index in [-0.39, 0.29) is 5.91 Å². The van der Waals surface area contributed by atoms with Gasteiger partial charge in [0.25, 0.3) is 5.91 Å². The number of carbonyl (C=O) groups excluding carboxylic acids is 2. The minimum absolute atomic E-state index is 0.293.